The van der Waals surface area contributed by atoms with Gasteiger partial charge in [-0.2, -0.15) is 0 Å². The lowest BCUT2D eigenvalue weighted by Gasteiger charge is -2.21. The normalized spacial score (nSPS) is 13.7. The zero-order chi connectivity index (χ0) is 25.5. The van der Waals surface area contributed by atoms with E-state index in [-0.39, 0.29) is 23.7 Å². The molecule has 2 heteroatoms. The summed E-state index contributed by atoms with van der Waals surface area (Å²) in [4.78, 5) is 0. The van der Waals surface area contributed by atoms with Gasteiger partial charge in [0.05, 0.1) is 14.2 Å². The fourth-order valence-corrected chi connectivity index (χ4v) is 4.30. The molecule has 4 atom stereocenters. The van der Waals surface area contributed by atoms with Gasteiger partial charge in [-0.05, 0) is 80.3 Å². The fraction of sp³-hybridized carbons (Fsp3) is 0.394. The summed E-state index contributed by atoms with van der Waals surface area (Å²) < 4.78 is 10.4. The molecule has 2 aromatic rings. The van der Waals surface area contributed by atoms with Crippen molar-refractivity contribution in [3.63, 3.8) is 0 Å². The quantitative estimate of drug-likeness (QED) is 0.300. The van der Waals surface area contributed by atoms with E-state index in [0.29, 0.717) is 0 Å². The summed E-state index contributed by atoms with van der Waals surface area (Å²) in [5.41, 5.74) is 2.47. The smallest absolute Gasteiger partial charge is 0.118 e. The molecule has 2 rings (SSSR count). The molecule has 2 nitrogen and oxygen atoms in total. The Morgan fingerprint density at radius 2 is 0.857 bits per heavy atom. The predicted octanol–water partition coefficient (Wildman–Crippen LogP) is 6.44. The van der Waals surface area contributed by atoms with Crippen LogP contribution < -0.4 is 9.47 Å². The molecule has 2 aromatic carbocycles. The molecular weight excluding hydrogens is 428 g/mol. The van der Waals surface area contributed by atoms with E-state index in [0.717, 1.165) is 56.4 Å². The third kappa shape index (κ3) is 9.58. The monoisotopic (exact) mass is 464 g/mol. The highest BCUT2D eigenvalue weighted by Crippen LogP contribution is 2.28. The summed E-state index contributed by atoms with van der Waals surface area (Å²) >= 11 is 0. The van der Waals surface area contributed by atoms with Crippen LogP contribution in [0.3, 0.4) is 0 Å². The topological polar surface area (TPSA) is 18.5 Å². The van der Waals surface area contributed by atoms with E-state index in [4.69, 9.17) is 35.2 Å². The van der Waals surface area contributed by atoms with Crippen LogP contribution in [0.2, 0.25) is 0 Å². The molecule has 0 radical (unpaired) electrons. The molecule has 0 N–H and O–H groups in total. The third-order valence-electron chi connectivity index (χ3n) is 6.53. The van der Waals surface area contributed by atoms with Crippen molar-refractivity contribution in [2.24, 2.45) is 23.7 Å². The van der Waals surface area contributed by atoms with Gasteiger partial charge in [-0.1, -0.05) is 24.3 Å². The highest BCUT2D eigenvalue weighted by atomic mass is 16.5. The Labute approximate surface area is 212 Å². The number of methoxy groups -OCH3 is 2. The largest absolute Gasteiger partial charge is 0.497 e. The van der Waals surface area contributed by atoms with Crippen molar-refractivity contribution in [2.45, 2.75) is 44.9 Å². The molecule has 35 heavy (non-hydrogen) atoms. The third-order valence-corrected chi connectivity index (χ3v) is 6.53. The Balaban J connectivity index is 1.86. The summed E-state index contributed by atoms with van der Waals surface area (Å²) in [5.74, 6) is 13.7. The van der Waals surface area contributed by atoms with Gasteiger partial charge in [-0.15, -0.1) is 49.4 Å². The molecule has 0 fully saturated rings. The van der Waals surface area contributed by atoms with Gasteiger partial charge in [0, 0.05) is 23.7 Å². The van der Waals surface area contributed by atoms with Crippen LogP contribution in [0.5, 0.6) is 11.5 Å². The maximum absolute atomic E-state index is 5.89. The van der Waals surface area contributed by atoms with Gasteiger partial charge < -0.3 is 9.47 Å². The van der Waals surface area contributed by atoms with Crippen molar-refractivity contribution in [3.8, 4) is 60.9 Å². The Morgan fingerprint density at radius 1 is 0.543 bits per heavy atom. The van der Waals surface area contributed by atoms with Crippen LogP contribution in [-0.2, 0) is 12.8 Å². The summed E-state index contributed by atoms with van der Waals surface area (Å²) in [6.07, 6.45) is 29.3. The molecule has 0 saturated carbocycles. The number of hydrogen-bond donors (Lipinski definition) is 0. The molecule has 0 spiro atoms. The molecule has 0 amide bonds. The van der Waals surface area contributed by atoms with Crippen LogP contribution in [0.4, 0.5) is 0 Å². The lowest BCUT2D eigenvalue weighted by atomic mass is 9.81. The van der Waals surface area contributed by atoms with E-state index in [1.54, 1.807) is 14.2 Å². The zero-order valence-electron chi connectivity index (χ0n) is 21.0. The summed E-state index contributed by atoms with van der Waals surface area (Å²) in [6.45, 7) is 0. The van der Waals surface area contributed by atoms with Crippen LogP contribution in [0.15, 0.2) is 48.5 Å². The summed E-state index contributed by atoms with van der Waals surface area (Å²) in [5, 5.41) is 0. The highest BCUT2D eigenvalue weighted by molar-refractivity contribution is 5.28. The maximum atomic E-state index is 5.89. The standard InChI is InChI=1S/C33H36O2/c1-7-26(11-13-30-15-19-32(34-5)20-16-30)23-28(9-3)25-29(10-4)24-27(8-2)12-14-31-17-21-33(35-6)22-18-31/h1-4,15-22,26-29H,11-14,23-25H2,5-6H3/t26-,27-,28+,29+/m0/s1. The first-order valence-corrected chi connectivity index (χ1v) is 12.1. The van der Waals surface area contributed by atoms with E-state index in [2.05, 4.69) is 47.9 Å². The number of ether oxygens (including phenoxy) is 2. The molecule has 0 aromatic heterocycles. The van der Waals surface area contributed by atoms with Gasteiger partial charge in [0.2, 0.25) is 0 Å². The van der Waals surface area contributed by atoms with Crippen molar-refractivity contribution in [1.29, 1.82) is 0 Å². The second-order valence-corrected chi connectivity index (χ2v) is 8.93. The first-order chi connectivity index (χ1) is 17.0. The van der Waals surface area contributed by atoms with Gasteiger partial charge in [-0.25, -0.2) is 0 Å². The second-order valence-electron chi connectivity index (χ2n) is 8.93. The van der Waals surface area contributed by atoms with Gasteiger partial charge >= 0.3 is 0 Å². The Bertz CT molecular complexity index is 964. The maximum Gasteiger partial charge on any atom is 0.118 e. The minimum Gasteiger partial charge on any atom is -0.497 e. The number of rotatable bonds is 14. The Hall–Kier alpha value is -3.72. The van der Waals surface area contributed by atoms with E-state index in [1.807, 2.05) is 24.3 Å². The predicted molar refractivity (Wildman–Crippen MR) is 146 cm³/mol. The van der Waals surface area contributed by atoms with Crippen LogP contribution in [-0.4, -0.2) is 14.2 Å². The molecule has 0 heterocycles. The molecule has 0 aliphatic rings. The van der Waals surface area contributed by atoms with Crippen LogP contribution >= 0.6 is 0 Å². The highest BCUT2D eigenvalue weighted by Gasteiger charge is 2.20. The first kappa shape index (κ1) is 27.5. The molecule has 0 bridgehead atoms. The number of terminal acetylenes is 4. The Morgan fingerprint density at radius 3 is 1.14 bits per heavy atom. The van der Waals surface area contributed by atoms with Crippen molar-refractivity contribution >= 4 is 0 Å². The van der Waals surface area contributed by atoms with E-state index < -0.39 is 0 Å². The van der Waals surface area contributed by atoms with E-state index in [1.165, 1.54) is 11.1 Å². The molecular formula is C33H36O2. The molecule has 0 unspecified atom stereocenters. The first-order valence-electron chi connectivity index (χ1n) is 12.1. The van der Waals surface area contributed by atoms with Gasteiger partial charge in [0.15, 0.2) is 0 Å². The van der Waals surface area contributed by atoms with Crippen molar-refractivity contribution in [1.82, 2.24) is 0 Å². The van der Waals surface area contributed by atoms with E-state index >= 15 is 0 Å². The SMILES string of the molecule is C#C[C@@H](C[C@H](C#C)C[C@@H](C#C)CCc1ccc(OC)cc1)C[C@@H](C#C)CCc1ccc(OC)cc1. The van der Waals surface area contributed by atoms with E-state index in [9.17, 15) is 0 Å². The lowest BCUT2D eigenvalue weighted by Crippen LogP contribution is -2.14. The minimum atomic E-state index is 0.0352. The van der Waals surface area contributed by atoms with Crippen molar-refractivity contribution < 1.29 is 9.47 Å². The molecule has 0 saturated heterocycles. The lowest BCUT2D eigenvalue weighted by molar-refractivity contribution is 0.381. The van der Waals surface area contributed by atoms with Gasteiger partial charge in [0.25, 0.3) is 0 Å². The average molecular weight is 465 g/mol. The van der Waals surface area contributed by atoms with Crippen LogP contribution in [0.1, 0.15) is 43.2 Å². The Kier molecular flexibility index (Phi) is 12.0. The average Bonchev–Trinajstić information content (AvgIpc) is 2.92. The van der Waals surface area contributed by atoms with Gasteiger partial charge in [0.1, 0.15) is 11.5 Å². The molecule has 0 aliphatic heterocycles. The summed E-state index contributed by atoms with van der Waals surface area (Å²) in [7, 11) is 3.33. The molecule has 180 valence electrons. The van der Waals surface area contributed by atoms with Crippen LogP contribution in [0.25, 0.3) is 0 Å². The zero-order valence-corrected chi connectivity index (χ0v) is 21.0. The second kappa shape index (κ2) is 15.2. The fourth-order valence-electron chi connectivity index (χ4n) is 4.30. The number of aryl methyl sites for hydroxylation is 2. The number of benzene rings is 2. The minimum absolute atomic E-state index is 0.0352. The van der Waals surface area contributed by atoms with Crippen molar-refractivity contribution in [3.05, 3.63) is 59.7 Å². The molecule has 0 aliphatic carbocycles. The summed E-state index contributed by atoms with van der Waals surface area (Å²) in [6, 6.07) is 16.2. The number of hydrogen-bond acceptors (Lipinski definition) is 2. The van der Waals surface area contributed by atoms with Crippen molar-refractivity contribution in [2.75, 3.05) is 14.2 Å². The van der Waals surface area contributed by atoms with Gasteiger partial charge in [-0.3, -0.25) is 0 Å². The van der Waals surface area contributed by atoms with Crippen LogP contribution in [0, 0.1) is 73.0 Å².